The molecule has 0 aromatic heterocycles. The molecular formula is C22H28O3Si. The fourth-order valence-corrected chi connectivity index (χ4v) is 4.26. The Bertz CT molecular complexity index is 732. The summed E-state index contributed by atoms with van der Waals surface area (Å²) >= 11 is 0. The van der Waals surface area contributed by atoms with Crippen LogP contribution in [0.3, 0.4) is 0 Å². The van der Waals surface area contributed by atoms with Gasteiger partial charge in [0, 0.05) is 5.92 Å². The maximum Gasteiger partial charge on any atom is 0.241 e. The summed E-state index contributed by atoms with van der Waals surface area (Å²) in [6.45, 7) is 7.13. The van der Waals surface area contributed by atoms with E-state index in [9.17, 15) is 0 Å². The zero-order chi connectivity index (χ0) is 18.6. The Morgan fingerprint density at radius 1 is 0.923 bits per heavy atom. The molecule has 0 amide bonds. The molecule has 3 rings (SSSR count). The maximum absolute atomic E-state index is 6.38. The van der Waals surface area contributed by atoms with E-state index in [0.717, 1.165) is 17.9 Å². The summed E-state index contributed by atoms with van der Waals surface area (Å²) in [5.74, 6) is 2.09. The molecule has 0 N–H and O–H groups in total. The lowest BCUT2D eigenvalue weighted by Crippen LogP contribution is -2.26. The molecule has 0 radical (unpaired) electrons. The van der Waals surface area contributed by atoms with Gasteiger partial charge in [-0.1, -0.05) is 42.5 Å². The molecule has 0 unspecified atom stereocenters. The number of rotatable bonds is 5. The average Bonchev–Trinajstić information content (AvgIpc) is 2.84. The third kappa shape index (κ3) is 4.77. The fourth-order valence-electron chi connectivity index (χ4n) is 3.33. The highest BCUT2D eigenvalue weighted by Gasteiger charge is 2.29. The molecule has 0 bridgehead atoms. The van der Waals surface area contributed by atoms with E-state index in [4.69, 9.17) is 13.9 Å². The molecule has 3 nitrogen and oxygen atoms in total. The Morgan fingerprint density at radius 3 is 2.23 bits per heavy atom. The predicted molar refractivity (Wildman–Crippen MR) is 108 cm³/mol. The van der Waals surface area contributed by atoms with Gasteiger partial charge in [0.1, 0.15) is 18.1 Å². The second-order valence-electron chi connectivity index (χ2n) is 7.64. The summed E-state index contributed by atoms with van der Waals surface area (Å²) in [4.78, 5) is 0. The third-order valence-electron chi connectivity index (χ3n) is 4.48. The van der Waals surface area contributed by atoms with Gasteiger partial charge in [-0.15, -0.1) is 0 Å². The summed E-state index contributed by atoms with van der Waals surface area (Å²) in [5.41, 5.74) is 2.46. The first-order valence-corrected chi connectivity index (χ1v) is 12.6. The van der Waals surface area contributed by atoms with Crippen LogP contribution in [0.2, 0.25) is 19.6 Å². The molecule has 4 heteroatoms. The van der Waals surface area contributed by atoms with Gasteiger partial charge in [0.15, 0.2) is 0 Å². The summed E-state index contributed by atoms with van der Waals surface area (Å²) in [7, 11) is 0.0415. The summed E-state index contributed by atoms with van der Waals surface area (Å²) in [6.07, 6.45) is 3.11. The number of hydrogen-bond donors (Lipinski definition) is 0. The topological polar surface area (TPSA) is 27.7 Å². The molecule has 2 aromatic rings. The maximum atomic E-state index is 6.38. The van der Waals surface area contributed by atoms with E-state index in [1.807, 2.05) is 12.1 Å². The van der Waals surface area contributed by atoms with Crippen molar-refractivity contribution in [1.29, 1.82) is 0 Å². The Labute approximate surface area is 157 Å². The highest BCUT2D eigenvalue weighted by atomic mass is 28.4. The van der Waals surface area contributed by atoms with E-state index in [0.29, 0.717) is 6.61 Å². The van der Waals surface area contributed by atoms with Crippen LogP contribution in [0.25, 0.3) is 0 Å². The van der Waals surface area contributed by atoms with Gasteiger partial charge >= 0.3 is 0 Å². The van der Waals surface area contributed by atoms with Crippen molar-refractivity contribution in [2.45, 2.75) is 38.1 Å². The summed E-state index contributed by atoms with van der Waals surface area (Å²) < 4.78 is 17.9. The van der Waals surface area contributed by atoms with E-state index in [2.05, 4.69) is 68.2 Å². The van der Waals surface area contributed by atoms with Crippen LogP contribution in [0.15, 0.2) is 66.4 Å². The van der Waals surface area contributed by atoms with Crippen molar-refractivity contribution in [2.75, 3.05) is 13.7 Å². The normalized spacial score (nSPS) is 20.8. The molecule has 1 heterocycles. The van der Waals surface area contributed by atoms with Crippen LogP contribution in [0.5, 0.6) is 5.75 Å². The van der Waals surface area contributed by atoms with Gasteiger partial charge in [0.05, 0.1) is 13.2 Å². The Morgan fingerprint density at radius 2 is 1.62 bits per heavy atom. The third-order valence-corrected chi connectivity index (χ3v) is 5.35. The van der Waals surface area contributed by atoms with Crippen LogP contribution in [0.4, 0.5) is 0 Å². The van der Waals surface area contributed by atoms with Crippen molar-refractivity contribution in [3.63, 3.8) is 0 Å². The quantitative estimate of drug-likeness (QED) is 0.636. The highest BCUT2D eigenvalue weighted by molar-refractivity contribution is 6.70. The zero-order valence-electron chi connectivity index (χ0n) is 16.1. The molecule has 2 atom stereocenters. The second-order valence-corrected chi connectivity index (χ2v) is 12.1. The Kier molecular flexibility index (Phi) is 5.84. The second kappa shape index (κ2) is 8.10. The van der Waals surface area contributed by atoms with Crippen molar-refractivity contribution in [2.24, 2.45) is 0 Å². The molecule has 138 valence electrons. The fraction of sp³-hybridized carbons (Fsp3) is 0.364. The zero-order valence-corrected chi connectivity index (χ0v) is 17.1. The van der Waals surface area contributed by atoms with E-state index in [-0.39, 0.29) is 12.0 Å². The predicted octanol–water partition coefficient (Wildman–Crippen LogP) is 5.68. The molecule has 0 fully saturated rings. The van der Waals surface area contributed by atoms with Gasteiger partial charge in [0.2, 0.25) is 8.32 Å². The van der Waals surface area contributed by atoms with Crippen LogP contribution >= 0.6 is 0 Å². The van der Waals surface area contributed by atoms with Crippen molar-refractivity contribution in [3.05, 3.63) is 77.6 Å². The van der Waals surface area contributed by atoms with Crippen LogP contribution in [0.1, 0.15) is 29.6 Å². The molecule has 0 saturated heterocycles. The lowest BCUT2D eigenvalue weighted by Gasteiger charge is -2.26. The van der Waals surface area contributed by atoms with Crippen LogP contribution < -0.4 is 4.74 Å². The minimum atomic E-state index is -1.65. The number of methoxy groups -OCH3 is 1. The monoisotopic (exact) mass is 368 g/mol. The van der Waals surface area contributed by atoms with Gasteiger partial charge in [-0.3, -0.25) is 0 Å². The lowest BCUT2D eigenvalue weighted by atomic mass is 9.86. The first kappa shape index (κ1) is 18.7. The molecule has 26 heavy (non-hydrogen) atoms. The number of benzene rings is 2. The van der Waals surface area contributed by atoms with Gasteiger partial charge < -0.3 is 13.9 Å². The van der Waals surface area contributed by atoms with Gasteiger partial charge in [-0.2, -0.15) is 0 Å². The minimum Gasteiger partial charge on any atom is -0.546 e. The van der Waals surface area contributed by atoms with Crippen LogP contribution in [-0.2, 0) is 9.16 Å². The van der Waals surface area contributed by atoms with Gasteiger partial charge in [-0.05, 0) is 55.4 Å². The van der Waals surface area contributed by atoms with E-state index < -0.39 is 8.32 Å². The van der Waals surface area contributed by atoms with Crippen molar-refractivity contribution < 1.29 is 13.9 Å². The van der Waals surface area contributed by atoms with Crippen LogP contribution in [-0.4, -0.2) is 22.0 Å². The molecular weight excluding hydrogens is 340 g/mol. The lowest BCUT2D eigenvalue weighted by molar-refractivity contribution is 0.0418. The van der Waals surface area contributed by atoms with Crippen molar-refractivity contribution >= 4 is 8.32 Å². The molecule has 1 aliphatic rings. The summed E-state index contributed by atoms with van der Waals surface area (Å²) in [6, 6.07) is 18.8. The largest absolute Gasteiger partial charge is 0.546 e. The smallest absolute Gasteiger partial charge is 0.241 e. The molecule has 0 spiro atoms. The molecule has 0 aliphatic carbocycles. The van der Waals surface area contributed by atoms with E-state index >= 15 is 0 Å². The minimum absolute atomic E-state index is 0.0118. The Hall–Kier alpha value is -2.04. The standard InChI is InChI=1S/C22H28O3Si/c1-23-19-12-10-18(11-13-19)22-21(17-8-6-5-7-9-17)15-14-20(16-24-22)25-26(2,3)4/h5-14,21-22H,15-16H2,1-4H3/t21-,22+/m1/s1. The Balaban J connectivity index is 1.90. The highest BCUT2D eigenvalue weighted by Crippen LogP contribution is 2.40. The van der Waals surface area contributed by atoms with Crippen molar-refractivity contribution in [3.8, 4) is 5.75 Å². The number of allylic oxidation sites excluding steroid dienone is 1. The van der Waals surface area contributed by atoms with Crippen LogP contribution in [0, 0.1) is 0 Å². The average molecular weight is 369 g/mol. The number of ether oxygens (including phenoxy) is 2. The van der Waals surface area contributed by atoms with E-state index in [1.54, 1.807) is 7.11 Å². The first-order valence-electron chi connectivity index (χ1n) is 9.15. The van der Waals surface area contributed by atoms with E-state index in [1.165, 1.54) is 11.1 Å². The van der Waals surface area contributed by atoms with Crippen molar-refractivity contribution in [1.82, 2.24) is 0 Å². The molecule has 0 saturated carbocycles. The summed E-state index contributed by atoms with van der Waals surface area (Å²) in [5, 5.41) is 0. The van der Waals surface area contributed by atoms with Gasteiger partial charge in [0.25, 0.3) is 0 Å². The molecule has 1 aliphatic heterocycles. The first-order chi connectivity index (χ1) is 12.5. The number of hydrogen-bond acceptors (Lipinski definition) is 3. The molecule has 2 aromatic carbocycles. The SMILES string of the molecule is COc1ccc([C@@H]2OCC(O[Si](C)(C)C)=CC[C@@H]2c2ccccc2)cc1. The van der Waals surface area contributed by atoms with Gasteiger partial charge in [-0.25, -0.2) is 0 Å².